The molecule has 0 aromatic carbocycles. The molecule has 0 bridgehead atoms. The van der Waals surface area contributed by atoms with E-state index in [9.17, 15) is 0 Å². The maximum Gasteiger partial charge on any atom is 0.0121 e. The molecule has 0 radical (unpaired) electrons. The summed E-state index contributed by atoms with van der Waals surface area (Å²) in [5.41, 5.74) is 0. The van der Waals surface area contributed by atoms with Gasteiger partial charge in [-0.05, 0) is 25.3 Å². The number of likely N-dealkylation sites (tertiary alicyclic amines) is 1. The van der Waals surface area contributed by atoms with E-state index < -0.39 is 0 Å². The molecule has 1 nitrogen and oxygen atoms in total. The van der Waals surface area contributed by atoms with Crippen molar-refractivity contribution in [2.75, 3.05) is 13.6 Å². The first-order valence-corrected chi connectivity index (χ1v) is 4.48. The Morgan fingerprint density at radius 3 is 2.45 bits per heavy atom. The summed E-state index contributed by atoms with van der Waals surface area (Å²) >= 11 is 0. The molecule has 0 spiro atoms. The fourth-order valence-corrected chi connectivity index (χ4v) is 2.02. The summed E-state index contributed by atoms with van der Waals surface area (Å²) in [6.45, 7) is 9.64. The standard InChI is InChI=1S/C10H19N/c1-5-9-6-10(8(2)3)11(4)7-9/h5,8-10H,1,6-7H2,2-4H3/t9?,10-/m0/s1. The topological polar surface area (TPSA) is 3.24 Å². The summed E-state index contributed by atoms with van der Waals surface area (Å²) < 4.78 is 0. The molecule has 64 valence electrons. The maximum absolute atomic E-state index is 3.84. The predicted molar refractivity (Wildman–Crippen MR) is 49.6 cm³/mol. The highest BCUT2D eigenvalue weighted by molar-refractivity contribution is 4.92. The average Bonchev–Trinajstić information content (AvgIpc) is 2.30. The van der Waals surface area contributed by atoms with Crippen LogP contribution in [0.2, 0.25) is 0 Å². The van der Waals surface area contributed by atoms with Gasteiger partial charge in [-0.1, -0.05) is 19.9 Å². The van der Waals surface area contributed by atoms with Crippen LogP contribution in [0, 0.1) is 11.8 Å². The first kappa shape index (κ1) is 8.79. The first-order chi connectivity index (χ1) is 5.15. The summed E-state index contributed by atoms with van der Waals surface area (Å²) in [5, 5.41) is 0. The van der Waals surface area contributed by atoms with Gasteiger partial charge in [-0.3, -0.25) is 0 Å². The summed E-state index contributed by atoms with van der Waals surface area (Å²) in [5.74, 6) is 1.51. The van der Waals surface area contributed by atoms with Crippen LogP contribution in [0.4, 0.5) is 0 Å². The van der Waals surface area contributed by atoms with Gasteiger partial charge in [0.1, 0.15) is 0 Å². The predicted octanol–water partition coefficient (Wildman–Crippen LogP) is 2.15. The van der Waals surface area contributed by atoms with Gasteiger partial charge >= 0.3 is 0 Å². The zero-order valence-corrected chi connectivity index (χ0v) is 7.88. The molecule has 1 aliphatic heterocycles. The van der Waals surface area contributed by atoms with Gasteiger partial charge in [-0.15, -0.1) is 6.58 Å². The maximum atomic E-state index is 3.84. The average molecular weight is 153 g/mol. The third-order valence-electron chi connectivity index (χ3n) is 2.74. The smallest absolute Gasteiger partial charge is 0.0121 e. The van der Waals surface area contributed by atoms with E-state index in [4.69, 9.17) is 0 Å². The monoisotopic (exact) mass is 153 g/mol. The fraction of sp³-hybridized carbons (Fsp3) is 0.800. The number of hydrogen-bond donors (Lipinski definition) is 0. The normalized spacial score (nSPS) is 33.1. The van der Waals surface area contributed by atoms with E-state index in [1.54, 1.807) is 0 Å². The van der Waals surface area contributed by atoms with E-state index in [-0.39, 0.29) is 0 Å². The van der Waals surface area contributed by atoms with Crippen molar-refractivity contribution in [3.05, 3.63) is 12.7 Å². The summed E-state index contributed by atoms with van der Waals surface area (Å²) in [7, 11) is 2.22. The van der Waals surface area contributed by atoms with Crippen molar-refractivity contribution in [3.8, 4) is 0 Å². The molecule has 11 heavy (non-hydrogen) atoms. The van der Waals surface area contributed by atoms with E-state index in [1.165, 1.54) is 13.0 Å². The van der Waals surface area contributed by atoms with Crippen LogP contribution in [-0.2, 0) is 0 Å². The van der Waals surface area contributed by atoms with Crippen LogP contribution in [0.1, 0.15) is 20.3 Å². The first-order valence-electron chi connectivity index (χ1n) is 4.48. The minimum absolute atomic E-state index is 0.729. The molecule has 2 atom stereocenters. The van der Waals surface area contributed by atoms with Gasteiger partial charge in [0, 0.05) is 12.6 Å². The van der Waals surface area contributed by atoms with E-state index >= 15 is 0 Å². The molecule has 1 fully saturated rings. The van der Waals surface area contributed by atoms with E-state index in [0.717, 1.165) is 17.9 Å². The molecular weight excluding hydrogens is 134 g/mol. The van der Waals surface area contributed by atoms with Crippen molar-refractivity contribution in [1.29, 1.82) is 0 Å². The van der Waals surface area contributed by atoms with Crippen molar-refractivity contribution >= 4 is 0 Å². The van der Waals surface area contributed by atoms with Gasteiger partial charge in [0.2, 0.25) is 0 Å². The molecule has 1 saturated heterocycles. The number of nitrogens with zero attached hydrogens (tertiary/aromatic N) is 1. The van der Waals surface area contributed by atoms with Gasteiger partial charge in [-0.2, -0.15) is 0 Å². The Bertz CT molecular complexity index is 140. The Morgan fingerprint density at radius 2 is 2.18 bits per heavy atom. The minimum Gasteiger partial charge on any atom is -0.303 e. The van der Waals surface area contributed by atoms with E-state index in [0.29, 0.717) is 0 Å². The lowest BCUT2D eigenvalue weighted by molar-refractivity contribution is 0.250. The second-order valence-corrected chi connectivity index (χ2v) is 3.98. The lowest BCUT2D eigenvalue weighted by Gasteiger charge is -2.22. The minimum atomic E-state index is 0.729. The highest BCUT2D eigenvalue weighted by Crippen LogP contribution is 2.26. The Hall–Kier alpha value is -0.300. The molecule has 1 rings (SSSR count). The second kappa shape index (κ2) is 3.40. The molecule has 0 saturated carbocycles. The van der Waals surface area contributed by atoms with Gasteiger partial charge in [-0.25, -0.2) is 0 Å². The summed E-state index contributed by atoms with van der Waals surface area (Å²) in [6, 6.07) is 0.776. The second-order valence-electron chi connectivity index (χ2n) is 3.98. The Morgan fingerprint density at radius 1 is 1.55 bits per heavy atom. The fourth-order valence-electron chi connectivity index (χ4n) is 2.02. The summed E-state index contributed by atoms with van der Waals surface area (Å²) in [4.78, 5) is 2.46. The van der Waals surface area contributed by atoms with Crippen LogP contribution < -0.4 is 0 Å². The molecule has 1 heteroatoms. The zero-order valence-electron chi connectivity index (χ0n) is 7.88. The molecule has 0 aromatic heterocycles. The van der Waals surface area contributed by atoms with Gasteiger partial charge in [0.25, 0.3) is 0 Å². The lowest BCUT2D eigenvalue weighted by atomic mass is 9.98. The number of hydrogen-bond acceptors (Lipinski definition) is 1. The van der Waals surface area contributed by atoms with Crippen molar-refractivity contribution in [3.63, 3.8) is 0 Å². The Labute approximate surface area is 70.1 Å². The number of rotatable bonds is 2. The largest absolute Gasteiger partial charge is 0.303 e. The quantitative estimate of drug-likeness (QED) is 0.549. The Balaban J connectivity index is 2.51. The lowest BCUT2D eigenvalue weighted by Crippen LogP contribution is -2.29. The van der Waals surface area contributed by atoms with Gasteiger partial charge < -0.3 is 4.90 Å². The van der Waals surface area contributed by atoms with Gasteiger partial charge in [0.15, 0.2) is 0 Å². The summed E-state index contributed by atoms with van der Waals surface area (Å²) in [6.07, 6.45) is 3.40. The van der Waals surface area contributed by atoms with Crippen LogP contribution in [0.15, 0.2) is 12.7 Å². The van der Waals surface area contributed by atoms with Crippen LogP contribution in [0.5, 0.6) is 0 Å². The molecule has 1 heterocycles. The Kier molecular flexibility index (Phi) is 2.72. The van der Waals surface area contributed by atoms with Crippen LogP contribution >= 0.6 is 0 Å². The van der Waals surface area contributed by atoms with Crippen LogP contribution in [0.25, 0.3) is 0 Å². The van der Waals surface area contributed by atoms with E-state index in [1.807, 2.05) is 0 Å². The molecular formula is C10H19N. The third-order valence-corrected chi connectivity index (χ3v) is 2.74. The van der Waals surface area contributed by atoms with Crippen LogP contribution in [-0.4, -0.2) is 24.5 Å². The van der Waals surface area contributed by atoms with Gasteiger partial charge in [0.05, 0.1) is 0 Å². The van der Waals surface area contributed by atoms with Crippen molar-refractivity contribution in [2.45, 2.75) is 26.3 Å². The molecule has 0 aromatic rings. The van der Waals surface area contributed by atoms with E-state index in [2.05, 4.69) is 38.5 Å². The highest BCUT2D eigenvalue weighted by atomic mass is 15.2. The molecule has 1 aliphatic rings. The molecule has 0 amide bonds. The highest BCUT2D eigenvalue weighted by Gasteiger charge is 2.29. The SMILES string of the molecule is C=CC1C[C@@H](C(C)C)N(C)C1. The molecule has 1 unspecified atom stereocenters. The molecule has 0 aliphatic carbocycles. The third kappa shape index (κ3) is 1.84. The van der Waals surface area contributed by atoms with Crippen LogP contribution in [0.3, 0.4) is 0 Å². The van der Waals surface area contributed by atoms with Crippen molar-refractivity contribution in [1.82, 2.24) is 4.90 Å². The zero-order chi connectivity index (χ0) is 8.43. The van der Waals surface area contributed by atoms with Crippen molar-refractivity contribution < 1.29 is 0 Å². The van der Waals surface area contributed by atoms with Crippen molar-refractivity contribution in [2.24, 2.45) is 11.8 Å². The molecule has 0 N–H and O–H groups in total.